The molecule has 27 heavy (non-hydrogen) atoms. The van der Waals surface area contributed by atoms with E-state index in [1.807, 2.05) is 18.2 Å². The van der Waals surface area contributed by atoms with Crippen LogP contribution in [0.3, 0.4) is 0 Å². The molecule has 2 N–H and O–H groups in total. The van der Waals surface area contributed by atoms with Crippen molar-refractivity contribution in [2.75, 3.05) is 6.54 Å². The summed E-state index contributed by atoms with van der Waals surface area (Å²) in [6.45, 7) is 2.88. The van der Waals surface area contributed by atoms with Crippen LogP contribution in [0.15, 0.2) is 30.3 Å². The Labute approximate surface area is 168 Å². The van der Waals surface area contributed by atoms with Gasteiger partial charge >= 0.3 is 0 Å². The molecule has 0 radical (unpaired) electrons. The molecule has 0 bridgehead atoms. The molecule has 1 atom stereocenters. The Balaban J connectivity index is 2.14. The third-order valence-electron chi connectivity index (χ3n) is 5.56. The van der Waals surface area contributed by atoms with E-state index in [1.165, 1.54) is 76.2 Å². The molecule has 0 amide bonds. The Morgan fingerprint density at radius 2 is 1.30 bits per heavy atom. The molecule has 0 spiro atoms. The van der Waals surface area contributed by atoms with Crippen LogP contribution < -0.4 is 5.73 Å². The summed E-state index contributed by atoms with van der Waals surface area (Å²) in [6.07, 6.45) is 18.7. The molecule has 2 nitrogen and oxygen atoms in total. The first kappa shape index (κ1) is 23.9. The highest BCUT2D eigenvalue weighted by Crippen LogP contribution is 2.25. The van der Waals surface area contributed by atoms with Crippen LogP contribution in [0.4, 0.5) is 0 Å². The summed E-state index contributed by atoms with van der Waals surface area (Å²) in [5.41, 5.74) is 6.77. The van der Waals surface area contributed by atoms with Crippen LogP contribution >= 0.6 is 0 Å². The number of carbonyl (C=O) groups is 1. The predicted molar refractivity (Wildman–Crippen MR) is 118 cm³/mol. The zero-order chi connectivity index (χ0) is 19.6. The lowest BCUT2D eigenvalue weighted by Crippen LogP contribution is -2.14. The van der Waals surface area contributed by atoms with Gasteiger partial charge < -0.3 is 5.73 Å². The van der Waals surface area contributed by atoms with Crippen LogP contribution in [0.5, 0.6) is 0 Å². The summed E-state index contributed by atoms with van der Waals surface area (Å²) in [4.78, 5) is 12.6. The lowest BCUT2D eigenvalue weighted by molar-refractivity contribution is -0.120. The number of unbranched alkanes of at least 4 members (excludes halogenated alkanes) is 11. The summed E-state index contributed by atoms with van der Waals surface area (Å²) >= 11 is 0. The van der Waals surface area contributed by atoms with Gasteiger partial charge in [0.15, 0.2) is 0 Å². The Bertz CT molecular complexity index is 457. The van der Waals surface area contributed by atoms with Gasteiger partial charge in [-0.25, -0.2) is 0 Å². The monoisotopic (exact) mass is 373 g/mol. The quantitative estimate of drug-likeness (QED) is 0.277. The number of ketones is 1. The zero-order valence-electron chi connectivity index (χ0n) is 17.8. The van der Waals surface area contributed by atoms with Crippen molar-refractivity contribution in [3.05, 3.63) is 35.9 Å². The van der Waals surface area contributed by atoms with Gasteiger partial charge in [0.2, 0.25) is 0 Å². The van der Waals surface area contributed by atoms with Gasteiger partial charge in [-0.1, -0.05) is 114 Å². The molecule has 0 aliphatic carbocycles. The summed E-state index contributed by atoms with van der Waals surface area (Å²) in [6, 6.07) is 10.3. The molecule has 0 heterocycles. The Morgan fingerprint density at radius 1 is 0.778 bits per heavy atom. The lowest BCUT2D eigenvalue weighted by atomic mass is 9.87. The van der Waals surface area contributed by atoms with Gasteiger partial charge in [0.05, 0.1) is 0 Å². The van der Waals surface area contributed by atoms with E-state index in [2.05, 4.69) is 19.1 Å². The molecule has 0 saturated carbocycles. The fourth-order valence-corrected chi connectivity index (χ4v) is 3.84. The molecule has 0 aliphatic heterocycles. The van der Waals surface area contributed by atoms with Crippen LogP contribution in [0.2, 0.25) is 0 Å². The Morgan fingerprint density at radius 3 is 1.81 bits per heavy atom. The first-order valence-electron chi connectivity index (χ1n) is 11.6. The third-order valence-corrected chi connectivity index (χ3v) is 5.56. The molecular weight excluding hydrogens is 330 g/mol. The maximum absolute atomic E-state index is 12.6. The number of rotatable bonds is 18. The molecule has 0 fully saturated rings. The first-order chi connectivity index (χ1) is 13.3. The second-order valence-corrected chi connectivity index (χ2v) is 8.00. The van der Waals surface area contributed by atoms with E-state index >= 15 is 0 Å². The highest BCUT2D eigenvalue weighted by Gasteiger charge is 2.19. The number of benzene rings is 1. The number of Topliss-reactive ketones (excluding diaryl/α,β-unsaturated/α-hetero) is 1. The van der Waals surface area contributed by atoms with Gasteiger partial charge in [-0.2, -0.15) is 0 Å². The van der Waals surface area contributed by atoms with E-state index < -0.39 is 0 Å². The van der Waals surface area contributed by atoms with Gasteiger partial charge in [-0.3, -0.25) is 4.79 Å². The van der Waals surface area contributed by atoms with Gasteiger partial charge in [0, 0.05) is 12.3 Å². The number of nitrogens with two attached hydrogens (primary N) is 1. The Hall–Kier alpha value is -1.15. The van der Waals surface area contributed by atoms with Gasteiger partial charge in [0.25, 0.3) is 0 Å². The molecule has 0 saturated heterocycles. The average molecular weight is 374 g/mol. The summed E-state index contributed by atoms with van der Waals surface area (Å²) in [7, 11) is 0. The molecule has 2 heteroatoms. The number of hydrogen-bond acceptors (Lipinski definition) is 2. The standard InChI is InChI=1S/C25H43NO/c1-2-3-4-5-6-7-8-9-10-11-12-16-20-24(25(27)21-17-22-26)23-18-14-13-15-19-23/h13-15,18-19,24H,2-12,16-17,20-22,26H2,1H3. The van der Waals surface area contributed by atoms with Crippen LogP contribution in [-0.2, 0) is 4.79 Å². The molecule has 1 unspecified atom stereocenters. The predicted octanol–water partition coefficient (Wildman–Crippen LogP) is 7.17. The van der Waals surface area contributed by atoms with Crippen molar-refractivity contribution >= 4 is 5.78 Å². The molecule has 1 rings (SSSR count). The molecular formula is C25H43NO. The van der Waals surface area contributed by atoms with Crippen molar-refractivity contribution in [2.45, 2.75) is 109 Å². The third kappa shape index (κ3) is 12.0. The first-order valence-corrected chi connectivity index (χ1v) is 11.6. The molecule has 0 aromatic heterocycles. The van der Waals surface area contributed by atoms with Crippen molar-refractivity contribution in [3.63, 3.8) is 0 Å². The van der Waals surface area contributed by atoms with E-state index in [0.717, 1.165) is 19.3 Å². The normalized spacial score (nSPS) is 12.2. The van der Waals surface area contributed by atoms with E-state index in [0.29, 0.717) is 18.7 Å². The highest BCUT2D eigenvalue weighted by molar-refractivity contribution is 5.85. The fraction of sp³-hybridized carbons (Fsp3) is 0.720. The van der Waals surface area contributed by atoms with E-state index in [9.17, 15) is 4.79 Å². The second kappa shape index (κ2) is 17.0. The van der Waals surface area contributed by atoms with Crippen LogP contribution in [0.25, 0.3) is 0 Å². The van der Waals surface area contributed by atoms with Crippen LogP contribution in [0.1, 0.15) is 115 Å². The van der Waals surface area contributed by atoms with Crippen LogP contribution in [-0.4, -0.2) is 12.3 Å². The lowest BCUT2D eigenvalue weighted by Gasteiger charge is -2.16. The maximum Gasteiger partial charge on any atom is 0.140 e. The summed E-state index contributed by atoms with van der Waals surface area (Å²) < 4.78 is 0. The van der Waals surface area contributed by atoms with Crippen molar-refractivity contribution in [2.24, 2.45) is 5.73 Å². The van der Waals surface area contributed by atoms with Crippen molar-refractivity contribution < 1.29 is 4.79 Å². The smallest absolute Gasteiger partial charge is 0.140 e. The average Bonchev–Trinajstić information content (AvgIpc) is 2.70. The summed E-state index contributed by atoms with van der Waals surface area (Å²) in [5, 5.41) is 0. The van der Waals surface area contributed by atoms with Crippen molar-refractivity contribution in [1.29, 1.82) is 0 Å². The summed E-state index contributed by atoms with van der Waals surface area (Å²) in [5.74, 6) is 0.440. The van der Waals surface area contributed by atoms with E-state index in [-0.39, 0.29) is 5.92 Å². The number of carbonyl (C=O) groups excluding carboxylic acids is 1. The van der Waals surface area contributed by atoms with Crippen molar-refractivity contribution in [3.8, 4) is 0 Å². The topological polar surface area (TPSA) is 43.1 Å². The zero-order valence-corrected chi connectivity index (χ0v) is 17.8. The maximum atomic E-state index is 12.6. The minimum atomic E-state index is 0.0703. The van der Waals surface area contributed by atoms with E-state index in [4.69, 9.17) is 5.73 Å². The molecule has 0 aliphatic rings. The highest BCUT2D eigenvalue weighted by atomic mass is 16.1. The van der Waals surface area contributed by atoms with Crippen LogP contribution in [0, 0.1) is 0 Å². The minimum absolute atomic E-state index is 0.0703. The SMILES string of the molecule is CCCCCCCCCCCCCCC(C(=O)CCCN)c1ccccc1. The van der Waals surface area contributed by atoms with Crippen molar-refractivity contribution in [1.82, 2.24) is 0 Å². The van der Waals surface area contributed by atoms with Gasteiger partial charge in [-0.15, -0.1) is 0 Å². The second-order valence-electron chi connectivity index (χ2n) is 8.00. The minimum Gasteiger partial charge on any atom is -0.330 e. The molecule has 1 aromatic rings. The molecule has 154 valence electrons. The Kier molecular flexibility index (Phi) is 15.0. The van der Waals surface area contributed by atoms with Gasteiger partial charge in [-0.05, 0) is 24.9 Å². The van der Waals surface area contributed by atoms with E-state index in [1.54, 1.807) is 0 Å². The fourth-order valence-electron chi connectivity index (χ4n) is 3.84. The molecule has 1 aromatic carbocycles. The van der Waals surface area contributed by atoms with Gasteiger partial charge in [0.1, 0.15) is 5.78 Å². The number of hydrogen-bond donors (Lipinski definition) is 1. The largest absolute Gasteiger partial charge is 0.330 e.